The van der Waals surface area contributed by atoms with Crippen LogP contribution in [0.2, 0.25) is 0 Å². The van der Waals surface area contributed by atoms with Crippen LogP contribution in [0.5, 0.6) is 0 Å². The van der Waals surface area contributed by atoms with Crippen molar-refractivity contribution in [1.82, 2.24) is 10.2 Å². The monoisotopic (exact) mass is 325 g/mol. The number of rotatable bonds is 3. The third-order valence-electron chi connectivity index (χ3n) is 4.46. The van der Waals surface area contributed by atoms with Crippen LogP contribution in [0.25, 0.3) is 0 Å². The first-order chi connectivity index (χ1) is 10.2. The molecule has 2 aliphatic rings. The molecule has 1 fully saturated rings. The van der Waals surface area contributed by atoms with E-state index in [0.29, 0.717) is 13.2 Å². The molecule has 1 amide bonds. The van der Waals surface area contributed by atoms with Gasteiger partial charge in [-0.1, -0.05) is 12.1 Å². The molecule has 5 nitrogen and oxygen atoms in total. The number of carbonyl (C=O) groups is 1. The summed E-state index contributed by atoms with van der Waals surface area (Å²) in [4.78, 5) is 14.7. The van der Waals surface area contributed by atoms with Gasteiger partial charge in [-0.3, -0.25) is 4.79 Å². The van der Waals surface area contributed by atoms with Crippen molar-refractivity contribution in [2.24, 2.45) is 0 Å². The fourth-order valence-electron chi connectivity index (χ4n) is 3.28. The number of carbonyl (C=O) groups excluding carboxylic acids is 1. The van der Waals surface area contributed by atoms with Gasteiger partial charge in [-0.05, 0) is 38.1 Å². The van der Waals surface area contributed by atoms with Gasteiger partial charge in [-0.25, -0.2) is 0 Å². The number of amides is 1. The first kappa shape index (κ1) is 17.1. The Bertz CT molecular complexity index is 518. The maximum Gasteiger partial charge on any atom is 0.256 e. The van der Waals surface area contributed by atoms with Gasteiger partial charge in [0.05, 0.1) is 17.7 Å². The number of nitrogens with one attached hydrogen (secondary N) is 2. The molecule has 2 N–H and O–H groups in total. The van der Waals surface area contributed by atoms with Gasteiger partial charge in [0.1, 0.15) is 0 Å². The summed E-state index contributed by atoms with van der Waals surface area (Å²) in [5.74, 6) is 0.102. The van der Waals surface area contributed by atoms with E-state index >= 15 is 0 Å². The summed E-state index contributed by atoms with van der Waals surface area (Å²) >= 11 is 0. The van der Waals surface area contributed by atoms with E-state index < -0.39 is 0 Å². The molecule has 1 saturated heterocycles. The zero-order chi connectivity index (χ0) is 14.7. The molecule has 6 heteroatoms. The highest BCUT2D eigenvalue weighted by molar-refractivity contribution is 6.00. The molecule has 122 valence electrons. The van der Waals surface area contributed by atoms with Crippen LogP contribution in [0.3, 0.4) is 0 Å². The zero-order valence-electron chi connectivity index (χ0n) is 12.9. The number of benzene rings is 1. The van der Waals surface area contributed by atoms with Crippen molar-refractivity contribution in [1.29, 1.82) is 0 Å². The fourth-order valence-corrected chi connectivity index (χ4v) is 3.28. The van der Waals surface area contributed by atoms with E-state index in [9.17, 15) is 4.79 Å². The van der Waals surface area contributed by atoms with E-state index in [1.807, 2.05) is 29.2 Å². The van der Waals surface area contributed by atoms with Gasteiger partial charge in [0.15, 0.2) is 0 Å². The summed E-state index contributed by atoms with van der Waals surface area (Å²) in [6, 6.07) is 7.83. The lowest BCUT2D eigenvalue weighted by molar-refractivity contribution is 0.0651. The number of fused-ring (bicyclic) bond motifs is 1. The van der Waals surface area contributed by atoms with Crippen molar-refractivity contribution >= 4 is 24.0 Å². The Balaban J connectivity index is 0.00000176. The van der Waals surface area contributed by atoms with Gasteiger partial charge in [0, 0.05) is 25.9 Å². The van der Waals surface area contributed by atoms with Crippen molar-refractivity contribution in [3.05, 3.63) is 29.8 Å². The minimum Gasteiger partial charge on any atom is -0.383 e. The van der Waals surface area contributed by atoms with Gasteiger partial charge in [0.25, 0.3) is 5.91 Å². The number of halogens is 1. The van der Waals surface area contributed by atoms with Gasteiger partial charge in [-0.15, -0.1) is 12.4 Å². The highest BCUT2D eigenvalue weighted by Crippen LogP contribution is 2.31. The average molecular weight is 326 g/mol. The molecular formula is C16H24ClN3O2. The summed E-state index contributed by atoms with van der Waals surface area (Å²) in [7, 11) is 1.68. The van der Waals surface area contributed by atoms with E-state index in [1.54, 1.807) is 7.11 Å². The molecule has 3 rings (SSSR count). The smallest absolute Gasteiger partial charge is 0.256 e. The zero-order valence-corrected chi connectivity index (χ0v) is 13.7. The van der Waals surface area contributed by atoms with Crippen LogP contribution in [0, 0.1) is 0 Å². The molecule has 0 atom stereocenters. The Labute approximate surface area is 137 Å². The van der Waals surface area contributed by atoms with E-state index in [-0.39, 0.29) is 23.9 Å². The Morgan fingerprint density at radius 3 is 2.73 bits per heavy atom. The maximum atomic E-state index is 12.8. The third kappa shape index (κ3) is 3.37. The summed E-state index contributed by atoms with van der Waals surface area (Å²) in [5.41, 5.74) is 1.70. The number of nitrogens with zero attached hydrogens (tertiary/aromatic N) is 1. The minimum absolute atomic E-state index is 0. The number of ether oxygens (including phenoxy) is 1. The van der Waals surface area contributed by atoms with Gasteiger partial charge in [0.2, 0.25) is 0 Å². The summed E-state index contributed by atoms with van der Waals surface area (Å²) in [6.07, 6.45) is 2.05. The van der Waals surface area contributed by atoms with Crippen molar-refractivity contribution in [2.75, 3.05) is 45.2 Å². The molecule has 1 aromatic carbocycles. The van der Waals surface area contributed by atoms with Crippen molar-refractivity contribution < 1.29 is 9.53 Å². The molecule has 0 aromatic heterocycles. The largest absolute Gasteiger partial charge is 0.383 e. The van der Waals surface area contributed by atoms with Crippen LogP contribution in [0.15, 0.2) is 24.3 Å². The molecule has 22 heavy (non-hydrogen) atoms. The number of anilines is 1. The minimum atomic E-state index is -0.0265. The van der Waals surface area contributed by atoms with Gasteiger partial charge < -0.3 is 20.3 Å². The van der Waals surface area contributed by atoms with Crippen molar-refractivity contribution in [2.45, 2.75) is 18.4 Å². The lowest BCUT2D eigenvalue weighted by Gasteiger charge is -2.40. The standard InChI is InChI=1S/C16H23N3O2.ClH/c1-21-11-10-19-12-16(6-8-17-9-7-16)18-14-5-3-2-4-13(14)15(19)20;/h2-5,17-18H,6-12H2,1H3;1H. The topological polar surface area (TPSA) is 53.6 Å². The van der Waals surface area contributed by atoms with Gasteiger partial charge >= 0.3 is 0 Å². The highest BCUT2D eigenvalue weighted by Gasteiger charge is 2.38. The van der Waals surface area contributed by atoms with Crippen LogP contribution in [0.1, 0.15) is 23.2 Å². The Morgan fingerprint density at radius 2 is 2.00 bits per heavy atom. The maximum absolute atomic E-state index is 12.8. The highest BCUT2D eigenvalue weighted by atomic mass is 35.5. The third-order valence-corrected chi connectivity index (χ3v) is 4.46. The molecule has 1 aromatic rings. The lowest BCUT2D eigenvalue weighted by Crippen LogP contribution is -2.54. The number of methoxy groups -OCH3 is 1. The summed E-state index contributed by atoms with van der Waals surface area (Å²) < 4.78 is 5.17. The fraction of sp³-hybridized carbons (Fsp3) is 0.562. The molecule has 0 radical (unpaired) electrons. The van der Waals surface area contributed by atoms with E-state index in [0.717, 1.165) is 43.7 Å². The van der Waals surface area contributed by atoms with Gasteiger partial charge in [-0.2, -0.15) is 0 Å². The Kier molecular flexibility index (Phi) is 5.67. The summed E-state index contributed by atoms with van der Waals surface area (Å²) in [5, 5.41) is 7.07. The average Bonchev–Trinajstić information content (AvgIpc) is 2.62. The second-order valence-electron chi connectivity index (χ2n) is 5.92. The first-order valence-corrected chi connectivity index (χ1v) is 7.60. The molecule has 0 bridgehead atoms. The van der Waals surface area contributed by atoms with E-state index in [1.165, 1.54) is 0 Å². The quantitative estimate of drug-likeness (QED) is 0.889. The predicted octanol–water partition coefficient (Wildman–Crippen LogP) is 1.74. The Hall–Kier alpha value is -1.30. The number of para-hydroxylation sites is 1. The van der Waals surface area contributed by atoms with Crippen LogP contribution in [0.4, 0.5) is 5.69 Å². The summed E-state index contributed by atoms with van der Waals surface area (Å²) in [6.45, 7) is 3.93. The van der Waals surface area contributed by atoms with Crippen LogP contribution in [-0.2, 0) is 4.74 Å². The molecule has 2 aliphatic heterocycles. The second-order valence-corrected chi connectivity index (χ2v) is 5.92. The number of hydrogen-bond acceptors (Lipinski definition) is 4. The van der Waals surface area contributed by atoms with Crippen LogP contribution >= 0.6 is 12.4 Å². The number of hydrogen-bond donors (Lipinski definition) is 2. The number of piperidine rings is 1. The normalized spacial score (nSPS) is 19.9. The Morgan fingerprint density at radius 1 is 1.27 bits per heavy atom. The first-order valence-electron chi connectivity index (χ1n) is 7.60. The molecule has 1 spiro atoms. The van der Waals surface area contributed by atoms with Crippen molar-refractivity contribution in [3.63, 3.8) is 0 Å². The predicted molar refractivity (Wildman–Crippen MR) is 89.9 cm³/mol. The van der Waals surface area contributed by atoms with E-state index in [2.05, 4.69) is 10.6 Å². The lowest BCUT2D eigenvalue weighted by atomic mass is 9.87. The molecule has 2 heterocycles. The molecular weight excluding hydrogens is 302 g/mol. The SMILES string of the molecule is COCCN1CC2(CCNCC2)Nc2ccccc2C1=O.Cl. The molecule has 0 unspecified atom stereocenters. The molecule has 0 aliphatic carbocycles. The molecule has 0 saturated carbocycles. The van der Waals surface area contributed by atoms with E-state index in [4.69, 9.17) is 4.74 Å². The van der Waals surface area contributed by atoms with Crippen LogP contribution in [-0.4, -0.2) is 56.2 Å². The van der Waals surface area contributed by atoms with Crippen molar-refractivity contribution in [3.8, 4) is 0 Å². The van der Waals surface area contributed by atoms with Crippen LogP contribution < -0.4 is 10.6 Å². The second kappa shape index (κ2) is 7.31.